The summed E-state index contributed by atoms with van der Waals surface area (Å²) >= 11 is 6.06. The fourth-order valence-corrected chi connectivity index (χ4v) is 1.52. The van der Waals surface area contributed by atoms with Crippen LogP contribution in [-0.2, 0) is 4.74 Å². The van der Waals surface area contributed by atoms with Gasteiger partial charge in [-0.05, 0) is 31.5 Å². The van der Waals surface area contributed by atoms with Crippen LogP contribution in [0, 0.1) is 0 Å². The SMILES string of the molecule is CCOCCOc1ccc(C(C)N)cc1Cl. The lowest BCUT2D eigenvalue weighted by atomic mass is 10.1. The van der Waals surface area contributed by atoms with Crippen LogP contribution in [0.15, 0.2) is 18.2 Å². The van der Waals surface area contributed by atoms with Crippen LogP contribution in [0.2, 0.25) is 5.02 Å². The van der Waals surface area contributed by atoms with E-state index in [4.69, 9.17) is 26.8 Å². The summed E-state index contributed by atoms with van der Waals surface area (Å²) in [6, 6.07) is 5.58. The molecule has 2 N–H and O–H groups in total. The summed E-state index contributed by atoms with van der Waals surface area (Å²) in [6.45, 7) is 5.64. The summed E-state index contributed by atoms with van der Waals surface area (Å²) in [5.74, 6) is 0.672. The predicted octanol–water partition coefficient (Wildman–Crippen LogP) is 2.78. The van der Waals surface area contributed by atoms with Gasteiger partial charge < -0.3 is 15.2 Å². The van der Waals surface area contributed by atoms with Crippen LogP contribution in [0.4, 0.5) is 0 Å². The van der Waals surface area contributed by atoms with Gasteiger partial charge in [-0.25, -0.2) is 0 Å². The Morgan fingerprint density at radius 3 is 2.69 bits per heavy atom. The molecule has 1 unspecified atom stereocenters. The summed E-state index contributed by atoms with van der Waals surface area (Å²) in [6.07, 6.45) is 0. The second kappa shape index (κ2) is 6.74. The van der Waals surface area contributed by atoms with Crippen molar-refractivity contribution in [1.82, 2.24) is 0 Å². The summed E-state index contributed by atoms with van der Waals surface area (Å²) < 4.78 is 10.6. The molecule has 90 valence electrons. The molecule has 0 aliphatic carbocycles. The number of hydrogen-bond donors (Lipinski definition) is 1. The van der Waals surface area contributed by atoms with Gasteiger partial charge in [0.1, 0.15) is 12.4 Å². The van der Waals surface area contributed by atoms with E-state index in [9.17, 15) is 0 Å². The minimum Gasteiger partial charge on any atom is -0.490 e. The van der Waals surface area contributed by atoms with Gasteiger partial charge in [0, 0.05) is 12.6 Å². The van der Waals surface area contributed by atoms with Gasteiger partial charge in [0.25, 0.3) is 0 Å². The maximum Gasteiger partial charge on any atom is 0.138 e. The number of halogens is 1. The average Bonchev–Trinajstić information content (AvgIpc) is 2.26. The second-order valence-corrected chi connectivity index (χ2v) is 3.93. The van der Waals surface area contributed by atoms with Crippen LogP contribution in [0.1, 0.15) is 25.5 Å². The highest BCUT2D eigenvalue weighted by Crippen LogP contribution is 2.27. The minimum absolute atomic E-state index is 0.0185. The lowest BCUT2D eigenvalue weighted by Crippen LogP contribution is -2.08. The van der Waals surface area contributed by atoms with Crippen molar-refractivity contribution in [3.8, 4) is 5.75 Å². The van der Waals surface area contributed by atoms with Crippen molar-refractivity contribution >= 4 is 11.6 Å². The van der Waals surface area contributed by atoms with E-state index < -0.39 is 0 Å². The highest BCUT2D eigenvalue weighted by molar-refractivity contribution is 6.32. The molecule has 0 amide bonds. The van der Waals surface area contributed by atoms with Crippen LogP contribution < -0.4 is 10.5 Å². The fraction of sp³-hybridized carbons (Fsp3) is 0.500. The molecule has 1 aromatic carbocycles. The fourth-order valence-electron chi connectivity index (χ4n) is 1.27. The molecule has 0 aromatic heterocycles. The van der Waals surface area contributed by atoms with Crippen molar-refractivity contribution in [2.24, 2.45) is 5.73 Å². The Morgan fingerprint density at radius 1 is 1.38 bits per heavy atom. The number of nitrogens with two attached hydrogens (primary N) is 1. The van der Waals surface area contributed by atoms with Gasteiger partial charge in [-0.15, -0.1) is 0 Å². The van der Waals surface area contributed by atoms with Gasteiger partial charge in [0.05, 0.1) is 11.6 Å². The number of hydrogen-bond acceptors (Lipinski definition) is 3. The van der Waals surface area contributed by atoms with E-state index in [1.807, 2.05) is 32.0 Å². The summed E-state index contributed by atoms with van der Waals surface area (Å²) in [5.41, 5.74) is 6.75. The number of ether oxygens (including phenoxy) is 2. The van der Waals surface area contributed by atoms with E-state index in [1.165, 1.54) is 0 Å². The van der Waals surface area contributed by atoms with E-state index in [0.29, 0.717) is 30.6 Å². The topological polar surface area (TPSA) is 44.5 Å². The lowest BCUT2D eigenvalue weighted by molar-refractivity contribution is 0.110. The van der Waals surface area contributed by atoms with Gasteiger partial charge in [0.2, 0.25) is 0 Å². The summed E-state index contributed by atoms with van der Waals surface area (Å²) in [5, 5.41) is 0.589. The van der Waals surface area contributed by atoms with Crippen molar-refractivity contribution in [2.75, 3.05) is 19.8 Å². The normalized spacial score (nSPS) is 12.5. The van der Waals surface area contributed by atoms with E-state index >= 15 is 0 Å². The minimum atomic E-state index is -0.0185. The summed E-state index contributed by atoms with van der Waals surface area (Å²) in [7, 11) is 0. The zero-order valence-corrected chi connectivity index (χ0v) is 10.5. The first kappa shape index (κ1) is 13.3. The Balaban J connectivity index is 2.54. The molecule has 0 spiro atoms. The van der Waals surface area contributed by atoms with Crippen LogP contribution in [0.5, 0.6) is 5.75 Å². The highest BCUT2D eigenvalue weighted by Gasteiger charge is 2.05. The Kier molecular flexibility index (Phi) is 5.60. The third-order valence-electron chi connectivity index (χ3n) is 2.17. The maximum atomic E-state index is 6.06. The zero-order chi connectivity index (χ0) is 12.0. The van der Waals surface area contributed by atoms with E-state index in [-0.39, 0.29) is 6.04 Å². The molecule has 0 aliphatic heterocycles. The molecule has 0 heterocycles. The second-order valence-electron chi connectivity index (χ2n) is 3.52. The zero-order valence-electron chi connectivity index (χ0n) is 9.70. The molecule has 1 atom stereocenters. The van der Waals surface area contributed by atoms with Gasteiger partial charge in [0.15, 0.2) is 0 Å². The molecule has 0 bridgehead atoms. The molecule has 16 heavy (non-hydrogen) atoms. The highest BCUT2D eigenvalue weighted by atomic mass is 35.5. The average molecular weight is 244 g/mol. The third-order valence-corrected chi connectivity index (χ3v) is 2.47. The maximum absolute atomic E-state index is 6.06. The molecule has 0 radical (unpaired) electrons. The lowest BCUT2D eigenvalue weighted by Gasteiger charge is -2.11. The van der Waals surface area contributed by atoms with Gasteiger partial charge in [-0.1, -0.05) is 17.7 Å². The van der Waals surface area contributed by atoms with Gasteiger partial charge >= 0.3 is 0 Å². The molecule has 4 heteroatoms. The monoisotopic (exact) mass is 243 g/mol. The van der Waals surface area contributed by atoms with Crippen molar-refractivity contribution in [3.05, 3.63) is 28.8 Å². The molecular weight excluding hydrogens is 226 g/mol. The van der Waals surface area contributed by atoms with Crippen molar-refractivity contribution in [1.29, 1.82) is 0 Å². The van der Waals surface area contributed by atoms with Crippen molar-refractivity contribution < 1.29 is 9.47 Å². The quantitative estimate of drug-likeness (QED) is 0.782. The Hall–Kier alpha value is -0.770. The standard InChI is InChI=1S/C12H18ClNO2/c1-3-15-6-7-16-12-5-4-10(9(2)14)8-11(12)13/h4-5,8-9H,3,6-7,14H2,1-2H3. The first-order valence-electron chi connectivity index (χ1n) is 5.40. The number of rotatable bonds is 6. The molecule has 0 fully saturated rings. The van der Waals surface area contributed by atoms with E-state index in [1.54, 1.807) is 0 Å². The van der Waals surface area contributed by atoms with Crippen molar-refractivity contribution in [3.63, 3.8) is 0 Å². The van der Waals surface area contributed by atoms with Crippen molar-refractivity contribution in [2.45, 2.75) is 19.9 Å². The van der Waals surface area contributed by atoms with Crippen LogP contribution in [-0.4, -0.2) is 19.8 Å². The summed E-state index contributed by atoms with van der Waals surface area (Å²) in [4.78, 5) is 0. The molecule has 0 saturated heterocycles. The third kappa shape index (κ3) is 4.00. The Morgan fingerprint density at radius 2 is 2.12 bits per heavy atom. The van der Waals surface area contributed by atoms with Crippen LogP contribution in [0.3, 0.4) is 0 Å². The van der Waals surface area contributed by atoms with Gasteiger partial charge in [-0.3, -0.25) is 0 Å². The van der Waals surface area contributed by atoms with Crippen LogP contribution >= 0.6 is 11.6 Å². The molecule has 1 rings (SSSR count). The van der Waals surface area contributed by atoms with E-state index in [2.05, 4.69) is 0 Å². The van der Waals surface area contributed by atoms with E-state index in [0.717, 1.165) is 5.56 Å². The van der Waals surface area contributed by atoms with Gasteiger partial charge in [-0.2, -0.15) is 0 Å². The molecule has 0 aliphatic rings. The smallest absolute Gasteiger partial charge is 0.138 e. The number of benzene rings is 1. The molecule has 1 aromatic rings. The first-order chi connectivity index (χ1) is 7.65. The predicted molar refractivity (Wildman–Crippen MR) is 66.0 cm³/mol. The molecule has 3 nitrogen and oxygen atoms in total. The molecular formula is C12H18ClNO2. The largest absolute Gasteiger partial charge is 0.490 e. The Bertz CT molecular complexity index is 329. The Labute approximate surface area is 101 Å². The molecule has 0 saturated carbocycles. The first-order valence-corrected chi connectivity index (χ1v) is 5.78. The van der Waals surface area contributed by atoms with Crippen LogP contribution in [0.25, 0.3) is 0 Å².